The zero-order chi connectivity index (χ0) is 35.3. The van der Waals surface area contributed by atoms with E-state index in [4.69, 9.17) is 17.0 Å². The molecule has 2 saturated carbocycles. The Hall–Kier alpha value is -2.22. The van der Waals surface area contributed by atoms with Crippen molar-refractivity contribution in [2.24, 2.45) is 0 Å². The van der Waals surface area contributed by atoms with Gasteiger partial charge in [-0.2, -0.15) is 12.1 Å². The molecule has 0 atom stereocenters. The Morgan fingerprint density at radius 3 is 1.22 bits per heavy atom. The standard InChI is InChI=1S/2C22H23.C2H6Si.2ClH.Zr/c2*1-16-12-20-14-19(17-8-4-2-5-9-17)15-22(20)21(13-16)18-10-6-3-7-11-18;1-3-2;;;/h2*3,6-7,10-15,17H,2,4-5,8-9H2,1H3;1-2H3;2*1H;/q2*-1;;;;+4/p-2. The first-order chi connectivity index (χ1) is 24.4. The Bertz CT molecular complexity index is 1740. The van der Waals surface area contributed by atoms with E-state index in [0.29, 0.717) is 0 Å². The van der Waals surface area contributed by atoms with E-state index in [-0.39, 0.29) is 0 Å². The second-order valence-corrected chi connectivity index (χ2v) is 18.9. The normalized spacial score (nSPS) is 14.8. The summed E-state index contributed by atoms with van der Waals surface area (Å²) < 4.78 is 0. The van der Waals surface area contributed by atoms with Crippen molar-refractivity contribution in [3.63, 3.8) is 0 Å². The van der Waals surface area contributed by atoms with E-state index < -0.39 is 20.8 Å². The van der Waals surface area contributed by atoms with Crippen molar-refractivity contribution in [2.75, 3.05) is 0 Å². The van der Waals surface area contributed by atoms with Gasteiger partial charge in [0.15, 0.2) is 0 Å². The molecular weight excluding hydrogens is 743 g/mol. The maximum absolute atomic E-state index is 4.93. The molecule has 0 heterocycles. The molecule has 0 saturated heterocycles. The van der Waals surface area contributed by atoms with Gasteiger partial charge < -0.3 is 0 Å². The molecule has 0 aromatic heterocycles. The zero-order valence-corrected chi connectivity index (χ0v) is 35.3. The van der Waals surface area contributed by atoms with Crippen LogP contribution >= 0.6 is 17.0 Å². The Morgan fingerprint density at radius 1 is 0.540 bits per heavy atom. The van der Waals surface area contributed by atoms with Crippen LogP contribution in [0.2, 0.25) is 13.1 Å². The summed E-state index contributed by atoms with van der Waals surface area (Å²) in [4.78, 5) is 0. The average Bonchev–Trinajstić information content (AvgIpc) is 3.78. The van der Waals surface area contributed by atoms with Crippen LogP contribution in [0.25, 0.3) is 43.8 Å². The van der Waals surface area contributed by atoms with Crippen LogP contribution in [0.15, 0.2) is 109 Å². The van der Waals surface area contributed by atoms with Crippen LogP contribution in [-0.2, 0) is 20.8 Å². The van der Waals surface area contributed by atoms with Gasteiger partial charge in [-0.25, -0.2) is 0 Å². The van der Waals surface area contributed by atoms with Crippen LogP contribution in [0.4, 0.5) is 0 Å². The molecule has 0 spiro atoms. The number of benzene rings is 4. The van der Waals surface area contributed by atoms with Gasteiger partial charge in [-0.3, -0.25) is 0 Å². The van der Waals surface area contributed by atoms with Crippen LogP contribution in [0, 0.1) is 13.8 Å². The van der Waals surface area contributed by atoms with Gasteiger partial charge in [0.1, 0.15) is 0 Å². The van der Waals surface area contributed by atoms with E-state index in [2.05, 4.69) is 136 Å². The molecule has 2 fully saturated rings. The topological polar surface area (TPSA) is 0 Å². The molecule has 0 N–H and O–H groups in total. The quantitative estimate of drug-likeness (QED) is 0.123. The molecule has 258 valence electrons. The number of halogens is 2. The Morgan fingerprint density at radius 2 is 0.880 bits per heavy atom. The number of hydrogen-bond donors (Lipinski definition) is 0. The number of fused-ring (bicyclic) bond motifs is 2. The summed E-state index contributed by atoms with van der Waals surface area (Å²) in [7, 11) is 11.0. The monoisotopic (exact) mass is 792 g/mol. The van der Waals surface area contributed by atoms with Crippen LogP contribution in [0.5, 0.6) is 0 Å². The van der Waals surface area contributed by atoms with E-state index in [9.17, 15) is 0 Å². The molecular formula is C46H52Cl2SiZr. The average molecular weight is 795 g/mol. The Kier molecular flexibility index (Phi) is 15.7. The van der Waals surface area contributed by atoms with Crippen molar-refractivity contribution in [1.29, 1.82) is 0 Å². The second-order valence-electron chi connectivity index (χ2n) is 14.2. The van der Waals surface area contributed by atoms with Crippen LogP contribution in [0.3, 0.4) is 0 Å². The van der Waals surface area contributed by atoms with Gasteiger partial charge in [-0.1, -0.05) is 147 Å². The fraction of sp³-hybridized carbons (Fsp3) is 0.348. The third-order valence-corrected chi connectivity index (χ3v) is 10.3. The molecule has 6 aromatic rings. The molecule has 0 nitrogen and oxygen atoms in total. The van der Waals surface area contributed by atoms with Crippen molar-refractivity contribution < 1.29 is 20.8 Å². The predicted octanol–water partition coefficient (Wildman–Crippen LogP) is 15.3. The van der Waals surface area contributed by atoms with Gasteiger partial charge in [-0.05, 0) is 62.5 Å². The summed E-state index contributed by atoms with van der Waals surface area (Å²) in [6, 6.07) is 40.8. The van der Waals surface area contributed by atoms with Crippen molar-refractivity contribution in [1.82, 2.24) is 0 Å². The number of rotatable bonds is 4. The second kappa shape index (κ2) is 20.1. The fourth-order valence-corrected chi connectivity index (χ4v) is 8.04. The van der Waals surface area contributed by atoms with Gasteiger partial charge in [0.2, 0.25) is 0 Å². The SMILES string of the molecule is C[Si]C.Cc1cc(-c2ccccc2)c2cc(C3CCCCC3)[cH-]c2c1.Cc1cc(-c2ccccc2)c2cc(C3CCCCC3)[cH-]c2c1.[Cl][Zr+2][Cl]. The maximum atomic E-state index is 4.93. The molecule has 0 amide bonds. The molecule has 8 rings (SSSR count). The Labute approximate surface area is 323 Å². The van der Waals surface area contributed by atoms with E-state index in [1.807, 2.05) is 0 Å². The molecule has 0 aliphatic heterocycles. The molecule has 2 aliphatic carbocycles. The molecule has 2 aliphatic rings. The third kappa shape index (κ3) is 10.4. The molecule has 6 aromatic carbocycles. The molecule has 50 heavy (non-hydrogen) atoms. The van der Waals surface area contributed by atoms with E-state index in [0.717, 1.165) is 21.4 Å². The van der Waals surface area contributed by atoms with E-state index >= 15 is 0 Å². The molecule has 2 radical (unpaired) electrons. The minimum atomic E-state index is -0.826. The minimum absolute atomic E-state index is 0.782. The van der Waals surface area contributed by atoms with Crippen LogP contribution in [0.1, 0.15) is 98.3 Å². The van der Waals surface area contributed by atoms with Gasteiger partial charge in [-0.15, -0.1) is 56.9 Å². The van der Waals surface area contributed by atoms with E-state index in [1.165, 1.54) is 119 Å². The molecule has 0 unspecified atom stereocenters. The zero-order valence-electron chi connectivity index (χ0n) is 30.4. The molecule has 4 heteroatoms. The van der Waals surface area contributed by atoms with Crippen molar-refractivity contribution in [3.05, 3.63) is 131 Å². The Balaban J connectivity index is 0.000000168. The van der Waals surface area contributed by atoms with Gasteiger partial charge in [0.05, 0.1) is 0 Å². The summed E-state index contributed by atoms with van der Waals surface area (Å²) in [5.74, 6) is 1.56. The summed E-state index contributed by atoms with van der Waals surface area (Å²) in [5, 5.41) is 5.69. The molecule has 0 bridgehead atoms. The van der Waals surface area contributed by atoms with Crippen LogP contribution < -0.4 is 0 Å². The number of hydrogen-bond acceptors (Lipinski definition) is 0. The van der Waals surface area contributed by atoms with E-state index in [1.54, 1.807) is 11.1 Å². The number of aryl methyl sites for hydroxylation is 2. The van der Waals surface area contributed by atoms with Crippen molar-refractivity contribution in [3.8, 4) is 22.3 Å². The first-order valence-electron chi connectivity index (χ1n) is 18.5. The van der Waals surface area contributed by atoms with Crippen LogP contribution in [-0.4, -0.2) is 9.52 Å². The summed E-state index contributed by atoms with van der Waals surface area (Å²) >= 11 is -0.826. The van der Waals surface area contributed by atoms with Gasteiger partial charge in [0.25, 0.3) is 0 Å². The summed E-state index contributed by atoms with van der Waals surface area (Å²) in [6.07, 6.45) is 13.9. The predicted molar refractivity (Wildman–Crippen MR) is 220 cm³/mol. The third-order valence-electron chi connectivity index (χ3n) is 10.3. The fourth-order valence-electron chi connectivity index (χ4n) is 8.04. The summed E-state index contributed by atoms with van der Waals surface area (Å²) in [5.41, 5.74) is 11.3. The van der Waals surface area contributed by atoms with Crippen molar-refractivity contribution >= 4 is 48.1 Å². The van der Waals surface area contributed by atoms with Gasteiger partial charge in [0, 0.05) is 9.52 Å². The summed E-state index contributed by atoms with van der Waals surface area (Å²) in [6.45, 7) is 8.72. The first kappa shape index (κ1) is 39.0. The van der Waals surface area contributed by atoms with Crippen molar-refractivity contribution in [2.45, 2.75) is 103 Å². The van der Waals surface area contributed by atoms with Gasteiger partial charge >= 0.3 is 37.9 Å². The first-order valence-corrected chi connectivity index (χ1v) is 26.9.